The average molecular weight is 414 g/mol. The molecule has 0 fully saturated rings. The van der Waals surface area contributed by atoms with Gasteiger partial charge in [-0.05, 0) is 24.3 Å². The van der Waals surface area contributed by atoms with Crippen LogP contribution in [0.2, 0.25) is 0 Å². The van der Waals surface area contributed by atoms with E-state index in [1.165, 1.54) is 0 Å². The van der Waals surface area contributed by atoms with Gasteiger partial charge in [-0.25, -0.2) is 0 Å². The fraction of sp³-hybridized carbons (Fsp3) is 0. The number of hydrogen-bond acceptors (Lipinski definition) is 4. The van der Waals surface area contributed by atoms with Gasteiger partial charge in [0.25, 0.3) is 0 Å². The van der Waals surface area contributed by atoms with E-state index in [9.17, 15) is 0 Å². The molecule has 4 aromatic rings. The van der Waals surface area contributed by atoms with Crippen molar-refractivity contribution in [3.8, 4) is 0 Å². The van der Waals surface area contributed by atoms with Crippen LogP contribution in [0.15, 0.2) is 73.8 Å². The van der Waals surface area contributed by atoms with E-state index in [2.05, 4.69) is 40.8 Å². The summed E-state index contributed by atoms with van der Waals surface area (Å²) in [7, 11) is 9.90. The van der Waals surface area contributed by atoms with E-state index < -0.39 is 15.4 Å². The fourth-order valence-electron chi connectivity index (χ4n) is 0.861. The van der Waals surface area contributed by atoms with Gasteiger partial charge in [0.05, 0.1) is 0 Å². The fourth-order valence-corrected chi connectivity index (χ4v) is 0.861. The third-order valence-electron chi connectivity index (χ3n) is 1.62. The van der Waals surface area contributed by atoms with Crippen molar-refractivity contribution in [1.82, 2.24) is 40.8 Å². The molecule has 0 saturated heterocycles. The molecule has 4 heterocycles. The zero-order chi connectivity index (χ0) is 16.8. The molecule has 122 valence electrons. The third kappa shape index (κ3) is 20.1. The number of rotatable bonds is 0. The van der Waals surface area contributed by atoms with E-state index in [0.29, 0.717) is 0 Å². The Morgan fingerprint density at radius 3 is 0.783 bits per heavy atom. The molecule has 0 saturated carbocycles. The molecule has 8 nitrogen and oxygen atoms in total. The monoisotopic (exact) mass is 412 g/mol. The van der Waals surface area contributed by atoms with Crippen LogP contribution in [0.4, 0.5) is 0 Å². The average Bonchev–Trinajstić information content (AvgIpc) is 3.47. The molecule has 0 aliphatic rings. The van der Waals surface area contributed by atoms with Crippen LogP contribution in [-0.2, 0) is 0 Å². The molecule has 0 unspecified atom stereocenters. The first-order valence-electron chi connectivity index (χ1n) is 6.28. The molecule has 11 heteroatoms. The molecule has 23 heavy (non-hydrogen) atoms. The summed E-state index contributed by atoms with van der Waals surface area (Å²) >= 11 is -0.931. The van der Waals surface area contributed by atoms with Crippen molar-refractivity contribution >= 4 is 34.7 Å². The van der Waals surface area contributed by atoms with Crippen LogP contribution in [0.5, 0.6) is 0 Å². The summed E-state index contributed by atoms with van der Waals surface area (Å²) in [5, 5.41) is 24.8. The molecule has 0 bridgehead atoms. The molecule has 0 spiro atoms. The molecule has 0 aliphatic heterocycles. The van der Waals surface area contributed by atoms with Gasteiger partial charge >= 0.3 is 34.7 Å². The van der Waals surface area contributed by atoms with E-state index in [4.69, 9.17) is 19.3 Å². The van der Waals surface area contributed by atoms with Gasteiger partial charge in [0.15, 0.2) is 0 Å². The first-order chi connectivity index (χ1) is 11.4. The van der Waals surface area contributed by atoms with E-state index in [1.54, 1.807) is 49.6 Å². The minimum absolute atomic E-state index is 0.931. The number of halogens is 2. The largest absolute Gasteiger partial charge is 0.286 e. The van der Waals surface area contributed by atoms with Crippen LogP contribution in [0.1, 0.15) is 0 Å². The second kappa shape index (κ2) is 20.1. The number of nitrogens with zero attached hydrogens (tertiary/aromatic N) is 4. The molecular formula is C12H17Cl2GaN8. The van der Waals surface area contributed by atoms with Crippen LogP contribution >= 0.6 is 19.3 Å². The molecule has 0 aliphatic carbocycles. The Kier molecular flexibility index (Phi) is 18.4. The Hall–Kier alpha value is -1.94. The Bertz CT molecular complexity index is 380. The first-order valence-corrected chi connectivity index (χ1v) is 14.1. The van der Waals surface area contributed by atoms with Crippen LogP contribution in [0.25, 0.3) is 0 Å². The normalized spacial score (nSPS) is 7.57. The smallest absolute Gasteiger partial charge is 0.0487 e. The summed E-state index contributed by atoms with van der Waals surface area (Å²) in [6, 6.07) is 7.33. The zero-order valence-corrected chi connectivity index (χ0v) is 16.7. The van der Waals surface area contributed by atoms with Crippen molar-refractivity contribution < 1.29 is 0 Å². The van der Waals surface area contributed by atoms with Gasteiger partial charge in [-0.3, -0.25) is 20.4 Å². The SMILES string of the molecule is [Cl][GaH][Cl].c1cn[nH]c1.c1cn[nH]c1.c1cn[nH]c1.c1cn[nH]c1. The molecular weight excluding hydrogens is 397 g/mol. The van der Waals surface area contributed by atoms with Crippen molar-refractivity contribution in [2.24, 2.45) is 0 Å². The predicted molar refractivity (Wildman–Crippen MR) is 93.2 cm³/mol. The van der Waals surface area contributed by atoms with E-state index in [0.717, 1.165) is 0 Å². The van der Waals surface area contributed by atoms with Gasteiger partial charge in [0.2, 0.25) is 0 Å². The number of hydrogen-bond donors (Lipinski definition) is 4. The minimum Gasteiger partial charge on any atom is -0.286 e. The first kappa shape index (κ1) is 21.1. The van der Waals surface area contributed by atoms with E-state index in [1.807, 2.05) is 24.3 Å². The Morgan fingerprint density at radius 1 is 0.522 bits per heavy atom. The zero-order valence-electron chi connectivity index (χ0n) is 12.2. The number of H-pyrrole nitrogens is 4. The molecule has 0 radical (unpaired) electrons. The van der Waals surface area contributed by atoms with Crippen LogP contribution in [0.3, 0.4) is 0 Å². The number of nitrogens with one attached hydrogen (secondary N) is 4. The predicted octanol–water partition coefficient (Wildman–Crippen LogP) is 2.37. The maximum absolute atomic E-state index is 4.95. The van der Waals surface area contributed by atoms with Crippen LogP contribution in [0, 0.1) is 0 Å². The summed E-state index contributed by atoms with van der Waals surface area (Å²) < 4.78 is 0. The number of aromatic amines is 4. The third-order valence-corrected chi connectivity index (χ3v) is 1.62. The molecule has 4 N–H and O–H groups in total. The Balaban J connectivity index is 0.000000266. The molecule has 4 rings (SSSR count). The topological polar surface area (TPSA) is 115 Å². The Morgan fingerprint density at radius 2 is 0.739 bits per heavy atom. The molecule has 0 aromatic carbocycles. The standard InChI is InChI=1S/4C3H4N2.2ClH.Ga.H/c4*1-2-4-5-3-1;;;;/h4*1-3H,(H,4,5);2*1H;;/q;;;;;;+2;/p-2. The maximum atomic E-state index is 4.95. The van der Waals surface area contributed by atoms with E-state index in [-0.39, 0.29) is 0 Å². The number of aromatic nitrogens is 8. The van der Waals surface area contributed by atoms with Crippen molar-refractivity contribution in [3.63, 3.8) is 0 Å². The van der Waals surface area contributed by atoms with Gasteiger partial charge in [-0.1, -0.05) is 0 Å². The van der Waals surface area contributed by atoms with Gasteiger partial charge in [0.1, 0.15) is 0 Å². The molecule has 0 amide bonds. The second-order valence-corrected chi connectivity index (χ2v) is 7.79. The molecule has 0 atom stereocenters. The quantitative estimate of drug-likeness (QED) is 0.331. The van der Waals surface area contributed by atoms with Crippen LogP contribution < -0.4 is 0 Å². The van der Waals surface area contributed by atoms with Gasteiger partial charge < -0.3 is 0 Å². The minimum atomic E-state index is -0.931. The van der Waals surface area contributed by atoms with Crippen molar-refractivity contribution in [1.29, 1.82) is 0 Å². The Labute approximate surface area is 149 Å². The van der Waals surface area contributed by atoms with Gasteiger partial charge in [-0.2, -0.15) is 20.4 Å². The van der Waals surface area contributed by atoms with Crippen molar-refractivity contribution in [2.45, 2.75) is 0 Å². The summed E-state index contributed by atoms with van der Waals surface area (Å²) in [4.78, 5) is 0. The van der Waals surface area contributed by atoms with Crippen LogP contribution in [-0.4, -0.2) is 56.2 Å². The molecule has 4 aromatic heterocycles. The maximum Gasteiger partial charge on any atom is 0.0487 e. The van der Waals surface area contributed by atoms with Crippen molar-refractivity contribution in [2.75, 3.05) is 0 Å². The second-order valence-electron chi connectivity index (χ2n) is 3.17. The van der Waals surface area contributed by atoms with Crippen molar-refractivity contribution in [3.05, 3.63) is 73.8 Å². The summed E-state index contributed by atoms with van der Waals surface area (Å²) in [5.41, 5.74) is 0. The van der Waals surface area contributed by atoms with E-state index >= 15 is 0 Å². The summed E-state index contributed by atoms with van der Waals surface area (Å²) in [6.07, 6.45) is 13.8. The van der Waals surface area contributed by atoms with Gasteiger partial charge in [-0.15, -0.1) is 0 Å². The van der Waals surface area contributed by atoms with Gasteiger partial charge in [0, 0.05) is 49.6 Å². The summed E-state index contributed by atoms with van der Waals surface area (Å²) in [5.74, 6) is 0. The summed E-state index contributed by atoms with van der Waals surface area (Å²) in [6.45, 7) is 0.